The molecule has 6 nitrogen and oxygen atoms in total. The number of nitrogens with one attached hydrogen (secondary N) is 1. The van der Waals surface area contributed by atoms with Crippen molar-refractivity contribution in [1.29, 1.82) is 0 Å². The molecule has 2 aromatic carbocycles. The van der Waals surface area contributed by atoms with Gasteiger partial charge in [-0.25, -0.2) is 0 Å². The van der Waals surface area contributed by atoms with Crippen LogP contribution >= 0.6 is 0 Å². The first-order chi connectivity index (χ1) is 13.0. The van der Waals surface area contributed by atoms with Gasteiger partial charge in [0.2, 0.25) is 0 Å². The van der Waals surface area contributed by atoms with Crippen molar-refractivity contribution in [2.75, 3.05) is 13.2 Å². The Kier molecular flexibility index (Phi) is 4.37. The summed E-state index contributed by atoms with van der Waals surface area (Å²) in [6, 6.07) is 15.0. The molecular formula is C21H22N2O4. The minimum absolute atomic E-state index is 0.147. The lowest BCUT2D eigenvalue weighted by atomic mass is 9.97. The molecule has 3 N–H and O–H groups in total. The number of H-pyrrole nitrogens is 1. The Morgan fingerprint density at radius 2 is 2.04 bits per heavy atom. The standard InChI is InChI=1S/C21H22N2O4/c1-21(23(13-19(25)26)12-14-5-3-2-4-6-14)20-16(9-10-27-21)17-11-15(24)7-8-18(17)22-20/h2-8,11,22,24H,9-10,12-13H2,1H3,(H,25,26). The lowest BCUT2D eigenvalue weighted by Gasteiger charge is -2.42. The average molecular weight is 366 g/mol. The second-order valence-corrected chi connectivity index (χ2v) is 7.03. The maximum absolute atomic E-state index is 11.6. The number of nitrogens with zero attached hydrogens (tertiary/aromatic N) is 1. The number of ether oxygens (including phenoxy) is 1. The number of aromatic hydroxyl groups is 1. The zero-order valence-corrected chi connectivity index (χ0v) is 15.1. The molecule has 1 aromatic heterocycles. The number of phenols is 1. The van der Waals surface area contributed by atoms with Crippen LogP contribution in [-0.4, -0.2) is 39.2 Å². The zero-order chi connectivity index (χ0) is 19.0. The van der Waals surface area contributed by atoms with Crippen LogP contribution in [-0.2, 0) is 28.2 Å². The fourth-order valence-electron chi connectivity index (χ4n) is 3.89. The number of carbonyl (C=O) groups is 1. The van der Waals surface area contributed by atoms with Crippen molar-refractivity contribution >= 4 is 16.9 Å². The molecule has 27 heavy (non-hydrogen) atoms. The van der Waals surface area contributed by atoms with E-state index >= 15 is 0 Å². The maximum atomic E-state index is 11.6. The molecule has 4 rings (SSSR count). The molecule has 0 saturated carbocycles. The van der Waals surface area contributed by atoms with Gasteiger partial charge < -0.3 is 19.9 Å². The smallest absolute Gasteiger partial charge is 0.317 e. The largest absolute Gasteiger partial charge is 0.508 e. The van der Waals surface area contributed by atoms with Crippen molar-refractivity contribution < 1.29 is 19.7 Å². The van der Waals surface area contributed by atoms with Crippen LogP contribution in [0.15, 0.2) is 48.5 Å². The van der Waals surface area contributed by atoms with E-state index in [-0.39, 0.29) is 12.3 Å². The molecule has 0 bridgehead atoms. The van der Waals surface area contributed by atoms with Crippen LogP contribution in [0, 0.1) is 0 Å². The summed E-state index contributed by atoms with van der Waals surface area (Å²) in [4.78, 5) is 16.8. The Bertz CT molecular complexity index is 983. The number of carboxylic acids is 1. The quantitative estimate of drug-likeness (QED) is 0.646. The number of fused-ring (bicyclic) bond motifs is 3. The number of carboxylic acid groups (broad SMARTS) is 1. The van der Waals surface area contributed by atoms with Crippen LogP contribution in [0.3, 0.4) is 0 Å². The summed E-state index contributed by atoms with van der Waals surface area (Å²) in [6.45, 7) is 2.69. The highest BCUT2D eigenvalue weighted by Crippen LogP contribution is 2.40. The predicted octanol–water partition coefficient (Wildman–Crippen LogP) is 3.21. The van der Waals surface area contributed by atoms with Crippen molar-refractivity contribution in [1.82, 2.24) is 9.88 Å². The van der Waals surface area contributed by atoms with Gasteiger partial charge >= 0.3 is 5.97 Å². The van der Waals surface area contributed by atoms with E-state index in [0.29, 0.717) is 19.6 Å². The van der Waals surface area contributed by atoms with Crippen molar-refractivity contribution in [2.45, 2.75) is 25.6 Å². The van der Waals surface area contributed by atoms with Crippen LogP contribution in [0.4, 0.5) is 0 Å². The number of benzene rings is 2. The SMILES string of the molecule is CC1(N(CC(=O)O)Cc2ccccc2)OCCc2c1[nH]c1ccc(O)cc21. The average Bonchev–Trinajstić information content (AvgIpc) is 3.01. The molecule has 0 spiro atoms. The fourth-order valence-corrected chi connectivity index (χ4v) is 3.89. The van der Waals surface area contributed by atoms with Crippen molar-refractivity contribution in [3.63, 3.8) is 0 Å². The van der Waals surface area contributed by atoms with Crippen LogP contribution in [0.2, 0.25) is 0 Å². The van der Waals surface area contributed by atoms with Gasteiger partial charge in [-0.15, -0.1) is 0 Å². The highest BCUT2D eigenvalue weighted by Gasteiger charge is 2.42. The lowest BCUT2D eigenvalue weighted by Crippen LogP contribution is -2.50. The van der Waals surface area contributed by atoms with E-state index in [2.05, 4.69) is 4.98 Å². The van der Waals surface area contributed by atoms with Crippen LogP contribution < -0.4 is 0 Å². The third kappa shape index (κ3) is 3.18. The highest BCUT2D eigenvalue weighted by molar-refractivity contribution is 5.86. The van der Waals surface area contributed by atoms with E-state index in [0.717, 1.165) is 27.7 Å². The normalized spacial score (nSPS) is 19.3. The van der Waals surface area contributed by atoms with E-state index in [4.69, 9.17) is 4.74 Å². The van der Waals surface area contributed by atoms with Gasteiger partial charge in [-0.05, 0) is 42.7 Å². The molecule has 0 aliphatic carbocycles. The number of aromatic nitrogens is 1. The van der Waals surface area contributed by atoms with Crippen molar-refractivity contribution in [3.05, 3.63) is 65.4 Å². The van der Waals surface area contributed by atoms with E-state index in [1.54, 1.807) is 12.1 Å². The summed E-state index contributed by atoms with van der Waals surface area (Å²) < 4.78 is 6.16. The first kappa shape index (κ1) is 17.6. The molecule has 1 aliphatic heterocycles. The van der Waals surface area contributed by atoms with Gasteiger partial charge in [0.25, 0.3) is 0 Å². The Balaban J connectivity index is 1.80. The number of hydrogen-bond donors (Lipinski definition) is 3. The van der Waals surface area contributed by atoms with E-state index in [1.807, 2.05) is 48.2 Å². The third-order valence-corrected chi connectivity index (χ3v) is 5.23. The number of phenolic OH excluding ortho intramolecular Hbond substituents is 1. The molecule has 1 atom stereocenters. The summed E-state index contributed by atoms with van der Waals surface area (Å²) in [5.74, 6) is -0.694. The van der Waals surface area contributed by atoms with Crippen LogP contribution in [0.25, 0.3) is 10.9 Å². The van der Waals surface area contributed by atoms with Gasteiger partial charge in [-0.1, -0.05) is 30.3 Å². The lowest BCUT2D eigenvalue weighted by molar-refractivity contribution is -0.176. The Morgan fingerprint density at radius 3 is 2.78 bits per heavy atom. The highest BCUT2D eigenvalue weighted by atomic mass is 16.5. The molecule has 0 fully saturated rings. The molecule has 1 unspecified atom stereocenters. The third-order valence-electron chi connectivity index (χ3n) is 5.23. The monoisotopic (exact) mass is 366 g/mol. The number of rotatable bonds is 5. The number of hydrogen-bond acceptors (Lipinski definition) is 4. The predicted molar refractivity (Wildman–Crippen MR) is 101 cm³/mol. The molecule has 0 radical (unpaired) electrons. The summed E-state index contributed by atoms with van der Waals surface area (Å²) >= 11 is 0. The van der Waals surface area contributed by atoms with Crippen LogP contribution in [0.1, 0.15) is 23.7 Å². The molecule has 2 heterocycles. The minimum atomic E-state index is -0.906. The zero-order valence-electron chi connectivity index (χ0n) is 15.1. The second-order valence-electron chi connectivity index (χ2n) is 7.03. The summed E-state index contributed by atoms with van der Waals surface area (Å²) in [5, 5.41) is 20.3. The number of aromatic amines is 1. The van der Waals surface area contributed by atoms with Gasteiger partial charge in [-0.2, -0.15) is 0 Å². The maximum Gasteiger partial charge on any atom is 0.317 e. The molecular weight excluding hydrogens is 344 g/mol. The molecule has 6 heteroatoms. The minimum Gasteiger partial charge on any atom is -0.508 e. The fraction of sp³-hybridized carbons (Fsp3) is 0.286. The van der Waals surface area contributed by atoms with E-state index in [9.17, 15) is 15.0 Å². The molecule has 140 valence electrons. The summed E-state index contributed by atoms with van der Waals surface area (Å²) in [5.41, 5.74) is 2.94. The second kappa shape index (κ2) is 6.72. The molecule has 0 saturated heterocycles. The van der Waals surface area contributed by atoms with Gasteiger partial charge in [0.1, 0.15) is 5.75 Å². The van der Waals surface area contributed by atoms with Crippen molar-refractivity contribution in [3.8, 4) is 5.75 Å². The Morgan fingerprint density at radius 1 is 1.26 bits per heavy atom. The summed E-state index contributed by atoms with van der Waals surface area (Å²) in [7, 11) is 0. The number of aliphatic carboxylic acids is 1. The Labute approximate surface area is 157 Å². The van der Waals surface area contributed by atoms with Crippen LogP contribution in [0.5, 0.6) is 5.75 Å². The van der Waals surface area contributed by atoms with Gasteiger partial charge in [-0.3, -0.25) is 9.69 Å². The molecule has 1 aliphatic rings. The topological polar surface area (TPSA) is 85.8 Å². The van der Waals surface area contributed by atoms with Gasteiger partial charge in [0.15, 0.2) is 5.72 Å². The van der Waals surface area contributed by atoms with E-state index < -0.39 is 11.7 Å². The first-order valence-electron chi connectivity index (χ1n) is 8.96. The summed E-state index contributed by atoms with van der Waals surface area (Å²) in [6.07, 6.45) is 0.709. The first-order valence-corrected chi connectivity index (χ1v) is 8.96. The van der Waals surface area contributed by atoms with Crippen molar-refractivity contribution in [2.24, 2.45) is 0 Å². The Hall–Kier alpha value is -2.83. The van der Waals surface area contributed by atoms with Gasteiger partial charge in [0, 0.05) is 17.4 Å². The van der Waals surface area contributed by atoms with Gasteiger partial charge in [0.05, 0.1) is 18.8 Å². The molecule has 0 amide bonds. The van der Waals surface area contributed by atoms with E-state index in [1.165, 1.54) is 0 Å². The molecule has 3 aromatic rings.